The second-order valence-corrected chi connectivity index (χ2v) is 9.95. The lowest BCUT2D eigenvalue weighted by Gasteiger charge is -2.34. The van der Waals surface area contributed by atoms with Gasteiger partial charge in [-0.05, 0) is 43.0 Å². The van der Waals surface area contributed by atoms with E-state index in [1.165, 1.54) is 12.4 Å². The molecule has 2 fully saturated rings. The Morgan fingerprint density at radius 3 is 2.66 bits per heavy atom. The molecule has 1 amide bonds. The molecular formula is C27H31ClFN5O4. The van der Waals surface area contributed by atoms with Gasteiger partial charge in [-0.1, -0.05) is 11.6 Å². The topological polar surface area (TPSA) is 89.0 Å². The van der Waals surface area contributed by atoms with Crippen molar-refractivity contribution in [3.05, 3.63) is 47.5 Å². The average Bonchev–Trinajstić information content (AvgIpc) is 2.94. The molecule has 0 aliphatic carbocycles. The minimum atomic E-state index is -0.481. The number of halogens is 2. The molecule has 202 valence electrons. The van der Waals surface area contributed by atoms with Crippen LogP contribution in [-0.4, -0.2) is 85.3 Å². The van der Waals surface area contributed by atoms with Crippen LogP contribution in [0, 0.1) is 11.7 Å². The second kappa shape index (κ2) is 12.1. The van der Waals surface area contributed by atoms with Gasteiger partial charge in [0.05, 0.1) is 44.7 Å². The molecule has 1 N–H and O–H groups in total. The van der Waals surface area contributed by atoms with E-state index in [1.54, 1.807) is 31.4 Å². The van der Waals surface area contributed by atoms with Crippen molar-refractivity contribution in [3.63, 3.8) is 0 Å². The quantitative estimate of drug-likeness (QED) is 0.454. The van der Waals surface area contributed by atoms with E-state index in [4.69, 9.17) is 25.8 Å². The first-order valence-corrected chi connectivity index (χ1v) is 13.1. The van der Waals surface area contributed by atoms with Gasteiger partial charge in [0.1, 0.15) is 18.0 Å². The molecule has 0 spiro atoms. The third-order valence-electron chi connectivity index (χ3n) is 7.01. The molecule has 1 aromatic heterocycles. The van der Waals surface area contributed by atoms with Gasteiger partial charge in [0.15, 0.2) is 11.5 Å². The maximum atomic E-state index is 14.3. The number of likely N-dealkylation sites (tertiary alicyclic amines) is 1. The first-order valence-electron chi connectivity index (χ1n) is 12.8. The number of piperidine rings is 1. The number of carbonyl (C=O) groups excluding carboxylic acids is 1. The van der Waals surface area contributed by atoms with E-state index in [-0.39, 0.29) is 11.6 Å². The molecule has 11 heteroatoms. The molecule has 3 heterocycles. The van der Waals surface area contributed by atoms with Crippen LogP contribution in [0.5, 0.6) is 11.5 Å². The number of benzene rings is 2. The smallest absolute Gasteiger partial charge is 0.236 e. The number of anilines is 2. The Bertz CT molecular complexity index is 1280. The zero-order chi connectivity index (χ0) is 26.5. The fourth-order valence-corrected chi connectivity index (χ4v) is 4.92. The van der Waals surface area contributed by atoms with E-state index < -0.39 is 5.82 Å². The lowest BCUT2D eigenvalue weighted by atomic mass is 9.97. The molecule has 2 aliphatic rings. The number of ether oxygens (including phenoxy) is 3. The van der Waals surface area contributed by atoms with Crippen LogP contribution < -0.4 is 14.8 Å². The maximum absolute atomic E-state index is 14.3. The number of morpholine rings is 1. The molecule has 0 atom stereocenters. The standard InChI is InChI=1S/C27H31ClFN5O4/c1-36-24-13-20-23(30-17-31-27(20)32-22-3-2-19(28)12-21(22)29)14-25(24)38-16-18-4-6-34(7-5-18)26(35)15-33-8-10-37-11-9-33/h2-3,12-14,17-18H,4-11,15-16H2,1H3,(H,30,31,32). The lowest BCUT2D eigenvalue weighted by molar-refractivity contribution is -0.135. The van der Waals surface area contributed by atoms with Crippen molar-refractivity contribution in [1.29, 1.82) is 0 Å². The summed E-state index contributed by atoms with van der Waals surface area (Å²) in [6, 6.07) is 7.99. The summed E-state index contributed by atoms with van der Waals surface area (Å²) in [5, 5.41) is 3.99. The Morgan fingerprint density at radius 1 is 1.13 bits per heavy atom. The van der Waals surface area contributed by atoms with E-state index >= 15 is 0 Å². The van der Waals surface area contributed by atoms with Crippen LogP contribution in [0.25, 0.3) is 10.9 Å². The van der Waals surface area contributed by atoms with Gasteiger partial charge in [-0.3, -0.25) is 9.69 Å². The van der Waals surface area contributed by atoms with Crippen molar-refractivity contribution >= 4 is 39.9 Å². The number of hydrogen-bond acceptors (Lipinski definition) is 8. The summed E-state index contributed by atoms with van der Waals surface area (Å²) in [6.07, 6.45) is 3.18. The molecule has 5 rings (SSSR count). The summed E-state index contributed by atoms with van der Waals surface area (Å²) in [5.41, 5.74) is 0.889. The van der Waals surface area contributed by atoms with Crippen LogP contribution in [0.2, 0.25) is 5.02 Å². The van der Waals surface area contributed by atoms with Crippen molar-refractivity contribution in [2.75, 3.05) is 65.0 Å². The third kappa shape index (κ3) is 6.25. The minimum absolute atomic E-state index is 0.185. The normalized spacial score (nSPS) is 17.0. The Hall–Kier alpha value is -3.21. The molecule has 0 unspecified atom stereocenters. The SMILES string of the molecule is COc1cc2c(Nc3ccc(Cl)cc3F)ncnc2cc1OCC1CCN(C(=O)CN2CCOCC2)CC1. The molecule has 0 bridgehead atoms. The predicted octanol–water partition coefficient (Wildman–Crippen LogP) is 4.12. The van der Waals surface area contributed by atoms with Crippen molar-refractivity contribution in [3.8, 4) is 11.5 Å². The number of carbonyl (C=O) groups is 1. The van der Waals surface area contributed by atoms with Crippen LogP contribution in [0.15, 0.2) is 36.7 Å². The van der Waals surface area contributed by atoms with Crippen molar-refractivity contribution < 1.29 is 23.4 Å². The fraction of sp³-hybridized carbons (Fsp3) is 0.444. The van der Waals surface area contributed by atoms with Gasteiger partial charge in [0, 0.05) is 42.7 Å². The van der Waals surface area contributed by atoms with E-state index in [0.29, 0.717) is 65.5 Å². The van der Waals surface area contributed by atoms with Crippen LogP contribution in [0.4, 0.5) is 15.9 Å². The van der Waals surface area contributed by atoms with Gasteiger partial charge in [0.2, 0.25) is 5.91 Å². The summed E-state index contributed by atoms with van der Waals surface area (Å²) in [7, 11) is 1.57. The highest BCUT2D eigenvalue weighted by Crippen LogP contribution is 2.36. The zero-order valence-corrected chi connectivity index (χ0v) is 22.0. The monoisotopic (exact) mass is 543 g/mol. The number of amides is 1. The number of nitrogens with one attached hydrogen (secondary N) is 1. The predicted molar refractivity (Wildman–Crippen MR) is 143 cm³/mol. The van der Waals surface area contributed by atoms with Crippen molar-refractivity contribution in [2.45, 2.75) is 12.8 Å². The lowest BCUT2D eigenvalue weighted by Crippen LogP contribution is -2.47. The van der Waals surface area contributed by atoms with Crippen LogP contribution >= 0.6 is 11.6 Å². The van der Waals surface area contributed by atoms with E-state index in [1.807, 2.05) is 4.90 Å². The highest BCUT2D eigenvalue weighted by Gasteiger charge is 2.25. The molecule has 3 aromatic rings. The molecule has 0 saturated carbocycles. The van der Waals surface area contributed by atoms with Gasteiger partial charge in [0.25, 0.3) is 0 Å². The molecule has 38 heavy (non-hydrogen) atoms. The molecule has 0 radical (unpaired) electrons. The van der Waals surface area contributed by atoms with Crippen LogP contribution in [-0.2, 0) is 9.53 Å². The van der Waals surface area contributed by atoms with Gasteiger partial charge in [-0.15, -0.1) is 0 Å². The number of hydrogen-bond donors (Lipinski definition) is 1. The number of aromatic nitrogens is 2. The highest BCUT2D eigenvalue weighted by molar-refractivity contribution is 6.30. The summed E-state index contributed by atoms with van der Waals surface area (Å²) >= 11 is 5.87. The second-order valence-electron chi connectivity index (χ2n) is 9.52. The Labute approximate surface area is 225 Å². The van der Waals surface area contributed by atoms with Crippen molar-refractivity contribution in [2.24, 2.45) is 5.92 Å². The molecular weight excluding hydrogens is 513 g/mol. The molecule has 2 aromatic carbocycles. The molecule has 9 nitrogen and oxygen atoms in total. The summed E-state index contributed by atoms with van der Waals surface area (Å²) in [6.45, 7) is 5.44. The van der Waals surface area contributed by atoms with Gasteiger partial charge < -0.3 is 24.4 Å². The number of fused-ring (bicyclic) bond motifs is 1. The molecule has 2 aliphatic heterocycles. The van der Waals surface area contributed by atoms with E-state index in [9.17, 15) is 9.18 Å². The van der Waals surface area contributed by atoms with E-state index in [0.717, 1.165) is 39.0 Å². The summed E-state index contributed by atoms with van der Waals surface area (Å²) in [4.78, 5) is 25.5. The summed E-state index contributed by atoms with van der Waals surface area (Å²) in [5.74, 6) is 1.59. The maximum Gasteiger partial charge on any atom is 0.236 e. The largest absolute Gasteiger partial charge is 0.493 e. The fourth-order valence-electron chi connectivity index (χ4n) is 4.76. The Balaban J connectivity index is 1.21. The van der Waals surface area contributed by atoms with Crippen LogP contribution in [0.1, 0.15) is 12.8 Å². The minimum Gasteiger partial charge on any atom is -0.493 e. The summed E-state index contributed by atoms with van der Waals surface area (Å²) < 4.78 is 31.5. The van der Waals surface area contributed by atoms with Gasteiger partial charge in [-0.25, -0.2) is 14.4 Å². The number of rotatable bonds is 8. The Kier molecular flexibility index (Phi) is 8.41. The highest BCUT2D eigenvalue weighted by atomic mass is 35.5. The Morgan fingerprint density at radius 2 is 1.92 bits per heavy atom. The van der Waals surface area contributed by atoms with E-state index in [2.05, 4.69) is 20.2 Å². The third-order valence-corrected chi connectivity index (χ3v) is 7.24. The average molecular weight is 544 g/mol. The zero-order valence-electron chi connectivity index (χ0n) is 21.3. The number of nitrogens with zero attached hydrogens (tertiary/aromatic N) is 4. The van der Waals surface area contributed by atoms with Gasteiger partial charge >= 0.3 is 0 Å². The van der Waals surface area contributed by atoms with Crippen LogP contribution in [0.3, 0.4) is 0 Å². The first kappa shape index (κ1) is 26.4. The van der Waals surface area contributed by atoms with Gasteiger partial charge in [-0.2, -0.15) is 0 Å². The van der Waals surface area contributed by atoms with Crippen molar-refractivity contribution in [1.82, 2.24) is 19.8 Å². The number of methoxy groups -OCH3 is 1. The first-order chi connectivity index (χ1) is 18.5. The molecule has 2 saturated heterocycles.